The third kappa shape index (κ3) is 5.56. The van der Waals surface area contributed by atoms with Crippen molar-refractivity contribution in [1.82, 2.24) is 9.80 Å². The minimum Gasteiger partial charge on any atom is -0.396 e. The molecular weight excluding hydrogens is 272 g/mol. The predicted molar refractivity (Wildman–Crippen MR) is 93.8 cm³/mol. The van der Waals surface area contributed by atoms with E-state index in [0.717, 1.165) is 39.1 Å². The Bertz CT molecular complexity index is 444. The molecule has 1 aromatic rings. The summed E-state index contributed by atoms with van der Waals surface area (Å²) in [5, 5.41) is 9.32. The van der Waals surface area contributed by atoms with Crippen molar-refractivity contribution < 1.29 is 5.11 Å². The maximum Gasteiger partial charge on any atom is 0.0446 e. The summed E-state index contributed by atoms with van der Waals surface area (Å²) in [5.74, 6) is 0.686. The molecule has 0 amide bonds. The fourth-order valence-electron chi connectivity index (χ4n) is 3.16. The van der Waals surface area contributed by atoms with Crippen LogP contribution in [0.2, 0.25) is 0 Å². The Hall–Kier alpha value is -1.16. The van der Waals surface area contributed by atoms with Crippen LogP contribution < -0.4 is 0 Å². The lowest BCUT2D eigenvalue weighted by molar-refractivity contribution is 0.0570. The van der Waals surface area contributed by atoms with E-state index in [0.29, 0.717) is 12.0 Å². The fourth-order valence-corrected chi connectivity index (χ4v) is 3.16. The van der Waals surface area contributed by atoms with Crippen LogP contribution in [0.15, 0.2) is 36.4 Å². The van der Waals surface area contributed by atoms with Crippen molar-refractivity contribution >= 4 is 6.08 Å². The highest BCUT2D eigenvalue weighted by Crippen LogP contribution is 2.15. The van der Waals surface area contributed by atoms with Crippen LogP contribution in [0.4, 0.5) is 0 Å². The molecule has 1 N–H and O–H groups in total. The van der Waals surface area contributed by atoms with E-state index >= 15 is 0 Å². The third-order valence-corrected chi connectivity index (χ3v) is 4.22. The summed E-state index contributed by atoms with van der Waals surface area (Å²) in [6.45, 7) is 10.2. The molecule has 1 fully saturated rings. The summed E-state index contributed by atoms with van der Waals surface area (Å²) >= 11 is 0. The zero-order valence-corrected chi connectivity index (χ0v) is 14.0. The molecule has 0 bridgehead atoms. The number of hydrogen-bond acceptors (Lipinski definition) is 3. The second-order valence-electron chi connectivity index (χ2n) is 6.63. The number of hydrogen-bond donors (Lipinski definition) is 1. The molecule has 1 aromatic carbocycles. The minimum atomic E-state index is 0.285. The van der Waals surface area contributed by atoms with Gasteiger partial charge in [-0.2, -0.15) is 0 Å². The number of nitrogens with zero attached hydrogens (tertiary/aromatic N) is 2. The van der Waals surface area contributed by atoms with Gasteiger partial charge in [-0.25, -0.2) is 0 Å². The topological polar surface area (TPSA) is 26.7 Å². The van der Waals surface area contributed by atoms with Gasteiger partial charge in [0.1, 0.15) is 0 Å². The maximum absolute atomic E-state index is 9.32. The SMILES string of the molecule is CC(C)CN1CCN(C/C=C/c2ccccc2)C[C@@H]1CCO. The summed E-state index contributed by atoms with van der Waals surface area (Å²) in [7, 11) is 0. The predicted octanol–water partition coefficient (Wildman–Crippen LogP) is 2.72. The van der Waals surface area contributed by atoms with Crippen molar-refractivity contribution in [2.45, 2.75) is 26.3 Å². The van der Waals surface area contributed by atoms with Gasteiger partial charge in [0, 0.05) is 45.4 Å². The number of piperazine rings is 1. The van der Waals surface area contributed by atoms with Crippen LogP contribution in [0.1, 0.15) is 25.8 Å². The first-order valence-corrected chi connectivity index (χ1v) is 8.48. The Morgan fingerprint density at radius 2 is 2.00 bits per heavy atom. The van der Waals surface area contributed by atoms with Crippen LogP contribution in [0, 0.1) is 5.92 Å². The van der Waals surface area contributed by atoms with Crippen LogP contribution in [0.25, 0.3) is 6.08 Å². The zero-order valence-electron chi connectivity index (χ0n) is 14.0. The van der Waals surface area contributed by atoms with Crippen molar-refractivity contribution in [2.75, 3.05) is 39.3 Å². The van der Waals surface area contributed by atoms with E-state index in [9.17, 15) is 5.11 Å². The second-order valence-corrected chi connectivity index (χ2v) is 6.63. The smallest absolute Gasteiger partial charge is 0.0446 e. The summed E-state index contributed by atoms with van der Waals surface area (Å²) in [5.41, 5.74) is 1.26. The van der Waals surface area contributed by atoms with E-state index in [1.165, 1.54) is 5.56 Å². The highest BCUT2D eigenvalue weighted by atomic mass is 16.3. The van der Waals surface area contributed by atoms with Gasteiger partial charge in [-0.15, -0.1) is 0 Å². The fraction of sp³-hybridized carbons (Fsp3) is 0.579. The molecule has 0 unspecified atom stereocenters. The molecule has 1 aliphatic heterocycles. The van der Waals surface area contributed by atoms with Gasteiger partial charge in [-0.05, 0) is 17.9 Å². The summed E-state index contributed by atoms with van der Waals surface area (Å²) in [6, 6.07) is 10.9. The monoisotopic (exact) mass is 302 g/mol. The number of benzene rings is 1. The number of aliphatic hydroxyl groups is 1. The molecule has 1 atom stereocenters. The Morgan fingerprint density at radius 1 is 1.23 bits per heavy atom. The van der Waals surface area contributed by atoms with E-state index in [-0.39, 0.29) is 6.61 Å². The molecule has 0 spiro atoms. The Labute approximate surface area is 135 Å². The van der Waals surface area contributed by atoms with Gasteiger partial charge in [0.15, 0.2) is 0 Å². The van der Waals surface area contributed by atoms with Gasteiger partial charge < -0.3 is 5.11 Å². The summed E-state index contributed by atoms with van der Waals surface area (Å²) in [6.07, 6.45) is 5.33. The second kappa shape index (κ2) is 9.09. The highest BCUT2D eigenvalue weighted by molar-refractivity contribution is 5.48. The minimum absolute atomic E-state index is 0.285. The molecule has 122 valence electrons. The zero-order chi connectivity index (χ0) is 15.8. The van der Waals surface area contributed by atoms with Crippen LogP contribution in [-0.2, 0) is 0 Å². The van der Waals surface area contributed by atoms with Crippen LogP contribution in [0.3, 0.4) is 0 Å². The van der Waals surface area contributed by atoms with Gasteiger partial charge in [-0.1, -0.05) is 56.3 Å². The van der Waals surface area contributed by atoms with Crippen molar-refractivity contribution in [2.24, 2.45) is 5.92 Å². The normalized spacial score (nSPS) is 21.0. The Balaban J connectivity index is 1.84. The van der Waals surface area contributed by atoms with Crippen molar-refractivity contribution in [3.05, 3.63) is 42.0 Å². The largest absolute Gasteiger partial charge is 0.396 e. The lowest BCUT2D eigenvalue weighted by Crippen LogP contribution is -2.54. The average Bonchev–Trinajstić information content (AvgIpc) is 2.51. The van der Waals surface area contributed by atoms with Crippen molar-refractivity contribution in [3.8, 4) is 0 Å². The first-order chi connectivity index (χ1) is 10.7. The number of aliphatic hydroxyl groups excluding tert-OH is 1. The first-order valence-electron chi connectivity index (χ1n) is 8.48. The lowest BCUT2D eigenvalue weighted by atomic mass is 10.1. The van der Waals surface area contributed by atoms with Crippen molar-refractivity contribution in [3.63, 3.8) is 0 Å². The Kier molecular flexibility index (Phi) is 7.10. The molecule has 1 saturated heterocycles. The van der Waals surface area contributed by atoms with E-state index in [4.69, 9.17) is 0 Å². The molecule has 1 heterocycles. The van der Waals surface area contributed by atoms with Crippen LogP contribution >= 0.6 is 0 Å². The molecular formula is C19H30N2O. The van der Waals surface area contributed by atoms with Crippen molar-refractivity contribution in [1.29, 1.82) is 0 Å². The van der Waals surface area contributed by atoms with E-state index in [1.807, 2.05) is 6.07 Å². The molecule has 1 aliphatic rings. The molecule has 0 saturated carbocycles. The molecule has 2 rings (SSSR count). The molecule has 0 aromatic heterocycles. The Morgan fingerprint density at radius 3 is 2.68 bits per heavy atom. The molecule has 0 radical (unpaired) electrons. The quantitative estimate of drug-likeness (QED) is 0.839. The van der Waals surface area contributed by atoms with Gasteiger partial charge in [0.25, 0.3) is 0 Å². The van der Waals surface area contributed by atoms with E-state index < -0.39 is 0 Å². The molecule has 3 nitrogen and oxygen atoms in total. The van der Waals surface area contributed by atoms with Gasteiger partial charge in [0.05, 0.1) is 0 Å². The summed E-state index contributed by atoms with van der Waals surface area (Å²) < 4.78 is 0. The summed E-state index contributed by atoms with van der Waals surface area (Å²) in [4.78, 5) is 5.05. The van der Waals surface area contributed by atoms with E-state index in [1.54, 1.807) is 0 Å². The first kappa shape index (κ1) is 17.2. The van der Waals surface area contributed by atoms with Gasteiger partial charge in [0.2, 0.25) is 0 Å². The van der Waals surface area contributed by atoms with Gasteiger partial charge in [-0.3, -0.25) is 9.80 Å². The maximum atomic E-state index is 9.32. The van der Waals surface area contributed by atoms with E-state index in [2.05, 4.69) is 60.1 Å². The molecule has 22 heavy (non-hydrogen) atoms. The third-order valence-electron chi connectivity index (χ3n) is 4.22. The lowest BCUT2D eigenvalue weighted by Gasteiger charge is -2.42. The molecule has 0 aliphatic carbocycles. The number of rotatable bonds is 7. The standard InChI is InChI=1S/C19H30N2O/c1-17(2)15-21-13-12-20(16-19(21)10-14-22)11-6-9-18-7-4-3-5-8-18/h3-9,17,19,22H,10-16H2,1-2H3/b9-6+/t19-/m0/s1. The van der Waals surface area contributed by atoms with Gasteiger partial charge >= 0.3 is 0 Å². The van der Waals surface area contributed by atoms with Crippen LogP contribution in [-0.4, -0.2) is 60.3 Å². The highest BCUT2D eigenvalue weighted by Gasteiger charge is 2.26. The van der Waals surface area contributed by atoms with Crippen LogP contribution in [0.5, 0.6) is 0 Å². The molecule has 3 heteroatoms. The average molecular weight is 302 g/mol.